The fraction of sp³-hybridized carbons (Fsp3) is 0.667. The SMILES string of the molecule is C[NH2+]CC#N.C[NH2+]CC#N.O=S(=O)([O-])[O-]. The molecule has 0 bridgehead atoms. The van der Waals surface area contributed by atoms with E-state index >= 15 is 0 Å². The summed E-state index contributed by atoms with van der Waals surface area (Å²) in [6.45, 7) is 1.14. The molecule has 0 fully saturated rings. The minimum atomic E-state index is -5.17. The quantitative estimate of drug-likeness (QED) is 0.283. The van der Waals surface area contributed by atoms with E-state index < -0.39 is 10.4 Å². The minimum Gasteiger partial charge on any atom is -0.759 e. The third-order valence-electron chi connectivity index (χ3n) is 0.591. The molecular formula is C6H14N4O4S. The first-order chi connectivity index (χ1) is 6.83. The molecule has 15 heavy (non-hydrogen) atoms. The van der Waals surface area contributed by atoms with Crippen molar-refractivity contribution < 1.29 is 28.2 Å². The molecule has 0 aromatic carbocycles. The van der Waals surface area contributed by atoms with Crippen LogP contribution in [-0.2, 0) is 10.4 Å². The van der Waals surface area contributed by atoms with E-state index in [4.69, 9.17) is 28.0 Å². The Balaban J connectivity index is -0.000000144. The largest absolute Gasteiger partial charge is 0.759 e. The van der Waals surface area contributed by atoms with Gasteiger partial charge in [0, 0.05) is 10.4 Å². The van der Waals surface area contributed by atoms with Crippen LogP contribution in [0.4, 0.5) is 0 Å². The predicted molar refractivity (Wildman–Crippen MR) is 47.1 cm³/mol. The van der Waals surface area contributed by atoms with Gasteiger partial charge in [0.25, 0.3) is 0 Å². The van der Waals surface area contributed by atoms with E-state index in [9.17, 15) is 0 Å². The molecule has 0 heterocycles. The molecule has 0 aromatic heterocycles. The highest BCUT2D eigenvalue weighted by Crippen LogP contribution is 1.57. The van der Waals surface area contributed by atoms with Crippen LogP contribution in [0.15, 0.2) is 0 Å². The molecule has 0 saturated carbocycles. The van der Waals surface area contributed by atoms with Gasteiger partial charge in [-0.25, -0.2) is 0 Å². The normalized spacial score (nSPS) is 8.13. The van der Waals surface area contributed by atoms with Crippen molar-refractivity contribution in [2.75, 3.05) is 27.2 Å². The van der Waals surface area contributed by atoms with Crippen molar-refractivity contribution in [1.82, 2.24) is 0 Å². The maximum atomic E-state index is 8.52. The van der Waals surface area contributed by atoms with E-state index in [0.29, 0.717) is 13.1 Å². The average Bonchev–Trinajstić information content (AvgIpc) is 2.05. The molecule has 0 aromatic rings. The third kappa shape index (κ3) is 193. The fourth-order valence-electron chi connectivity index (χ4n) is 0.183. The number of hydrogen-bond acceptors (Lipinski definition) is 6. The van der Waals surface area contributed by atoms with Gasteiger partial charge in [0.2, 0.25) is 0 Å². The van der Waals surface area contributed by atoms with Crippen LogP contribution < -0.4 is 10.6 Å². The highest BCUT2D eigenvalue weighted by atomic mass is 32.3. The Kier molecular flexibility index (Phi) is 19.7. The molecule has 8 nitrogen and oxygen atoms in total. The summed E-state index contributed by atoms with van der Waals surface area (Å²) in [5, 5.41) is 19.2. The summed E-state index contributed by atoms with van der Waals surface area (Å²) in [5.74, 6) is 0. The van der Waals surface area contributed by atoms with Crippen LogP contribution >= 0.6 is 0 Å². The maximum absolute atomic E-state index is 8.52. The van der Waals surface area contributed by atoms with Gasteiger partial charge >= 0.3 is 0 Å². The van der Waals surface area contributed by atoms with Crippen molar-refractivity contribution in [3.8, 4) is 12.1 Å². The van der Waals surface area contributed by atoms with E-state index in [1.807, 2.05) is 36.9 Å². The van der Waals surface area contributed by atoms with Gasteiger partial charge in [0.05, 0.1) is 14.1 Å². The molecule has 9 heteroatoms. The summed E-state index contributed by atoms with van der Waals surface area (Å²) in [6, 6.07) is 3.92. The lowest BCUT2D eigenvalue weighted by molar-refractivity contribution is -0.615. The van der Waals surface area contributed by atoms with Gasteiger partial charge in [0.15, 0.2) is 13.1 Å². The molecule has 0 saturated heterocycles. The number of rotatable bonds is 2. The second-order valence-electron chi connectivity index (χ2n) is 1.95. The topological polar surface area (TPSA) is 161 Å². The van der Waals surface area contributed by atoms with Crippen molar-refractivity contribution in [2.45, 2.75) is 0 Å². The van der Waals surface area contributed by atoms with Gasteiger partial charge in [-0.15, -0.1) is 0 Å². The molecule has 0 radical (unpaired) electrons. The Morgan fingerprint density at radius 3 is 1.27 bits per heavy atom. The highest BCUT2D eigenvalue weighted by molar-refractivity contribution is 7.79. The minimum absolute atomic E-state index is 0.569. The van der Waals surface area contributed by atoms with Crippen LogP contribution in [0.2, 0.25) is 0 Å². The molecule has 0 unspecified atom stereocenters. The Bertz CT molecular complexity index is 265. The lowest BCUT2D eigenvalue weighted by atomic mass is 10.7. The molecule has 0 amide bonds. The van der Waals surface area contributed by atoms with Crippen molar-refractivity contribution in [1.29, 1.82) is 10.5 Å². The zero-order valence-corrected chi connectivity index (χ0v) is 9.32. The molecule has 0 aliphatic heterocycles. The first-order valence-corrected chi connectivity index (χ1v) is 5.13. The van der Waals surface area contributed by atoms with Crippen LogP contribution in [0, 0.1) is 22.7 Å². The number of nitrogens with zero attached hydrogens (tertiary/aromatic N) is 2. The number of nitriles is 2. The average molecular weight is 238 g/mol. The van der Waals surface area contributed by atoms with E-state index in [1.165, 1.54) is 0 Å². The van der Waals surface area contributed by atoms with Crippen molar-refractivity contribution in [3.05, 3.63) is 0 Å². The van der Waals surface area contributed by atoms with Gasteiger partial charge in [-0.2, -0.15) is 10.5 Å². The van der Waals surface area contributed by atoms with Crippen LogP contribution in [-0.4, -0.2) is 44.7 Å². The van der Waals surface area contributed by atoms with Crippen LogP contribution in [0.5, 0.6) is 0 Å². The molecule has 4 N–H and O–H groups in total. The Morgan fingerprint density at radius 2 is 1.27 bits per heavy atom. The highest BCUT2D eigenvalue weighted by Gasteiger charge is 1.65. The summed E-state index contributed by atoms with van der Waals surface area (Å²) in [4.78, 5) is 0. The van der Waals surface area contributed by atoms with Gasteiger partial charge in [-0.1, -0.05) is 0 Å². The van der Waals surface area contributed by atoms with Crippen molar-refractivity contribution in [3.63, 3.8) is 0 Å². The summed E-state index contributed by atoms with van der Waals surface area (Å²) in [7, 11) is -1.44. The van der Waals surface area contributed by atoms with E-state index in [2.05, 4.69) is 0 Å². The monoisotopic (exact) mass is 238 g/mol. The lowest BCUT2D eigenvalue weighted by Crippen LogP contribution is -2.79. The van der Waals surface area contributed by atoms with Gasteiger partial charge < -0.3 is 19.7 Å². The third-order valence-corrected chi connectivity index (χ3v) is 0.591. The Labute approximate surface area is 89.1 Å². The lowest BCUT2D eigenvalue weighted by Gasteiger charge is -2.06. The van der Waals surface area contributed by atoms with E-state index in [1.54, 1.807) is 0 Å². The number of nitrogens with two attached hydrogens (primary N) is 2. The van der Waals surface area contributed by atoms with Gasteiger partial charge in [-0.3, -0.25) is 8.42 Å². The zero-order chi connectivity index (χ0) is 12.7. The van der Waals surface area contributed by atoms with E-state index in [-0.39, 0.29) is 0 Å². The molecule has 0 atom stereocenters. The van der Waals surface area contributed by atoms with Crippen LogP contribution in [0.3, 0.4) is 0 Å². The molecule has 0 rings (SSSR count). The smallest absolute Gasteiger partial charge is 0.163 e. The fourth-order valence-corrected chi connectivity index (χ4v) is 0.183. The summed E-state index contributed by atoms with van der Waals surface area (Å²) in [5.41, 5.74) is 0. The molecule has 0 aliphatic carbocycles. The van der Waals surface area contributed by atoms with Crippen LogP contribution in [0.25, 0.3) is 0 Å². The Hall–Kier alpha value is -1.23. The van der Waals surface area contributed by atoms with Crippen molar-refractivity contribution >= 4 is 10.4 Å². The van der Waals surface area contributed by atoms with E-state index in [0.717, 1.165) is 0 Å². The molecule has 88 valence electrons. The van der Waals surface area contributed by atoms with Crippen molar-refractivity contribution in [2.24, 2.45) is 0 Å². The molecular weight excluding hydrogens is 224 g/mol. The molecule has 0 aliphatic rings. The first-order valence-electron chi connectivity index (χ1n) is 3.79. The summed E-state index contributed by atoms with van der Waals surface area (Å²) in [6.07, 6.45) is 0. The standard InChI is InChI=1S/2C3H6N2.H2O4S/c2*1-5-3-2-4;1-5(2,3)4/h2*5H,3H2,1H3;(H2,1,2,3,4). The summed E-state index contributed by atoms with van der Waals surface area (Å²) >= 11 is 0. The first kappa shape index (κ1) is 19.4. The number of quaternary nitrogens is 2. The second kappa shape index (κ2) is 15.3. The van der Waals surface area contributed by atoms with Crippen LogP contribution in [0.1, 0.15) is 0 Å². The maximum Gasteiger partial charge on any atom is 0.163 e. The predicted octanol–water partition coefficient (Wildman–Crippen LogP) is -3.93. The zero-order valence-electron chi connectivity index (χ0n) is 8.50. The number of hydrogen-bond donors (Lipinski definition) is 2. The summed E-state index contributed by atoms with van der Waals surface area (Å²) < 4.78 is 34.1. The molecule has 0 spiro atoms. The Morgan fingerprint density at radius 1 is 1.07 bits per heavy atom. The second-order valence-corrected chi connectivity index (χ2v) is 2.77. The van der Waals surface area contributed by atoms with Gasteiger partial charge in [-0.05, 0) is 0 Å². The van der Waals surface area contributed by atoms with Gasteiger partial charge in [0.1, 0.15) is 12.1 Å².